The summed E-state index contributed by atoms with van der Waals surface area (Å²) in [6.07, 6.45) is 10.0. The lowest BCUT2D eigenvalue weighted by atomic mass is 9.80. The van der Waals surface area contributed by atoms with Crippen molar-refractivity contribution in [2.75, 3.05) is 0 Å². The van der Waals surface area contributed by atoms with Gasteiger partial charge in [-0.15, -0.1) is 0 Å². The Morgan fingerprint density at radius 3 is 1.53 bits per heavy atom. The highest BCUT2D eigenvalue weighted by molar-refractivity contribution is 9.11. The van der Waals surface area contributed by atoms with E-state index in [2.05, 4.69) is 77.7 Å². The molecule has 19 heteroatoms. The largest absolute Gasteiger partial charge is 0.374 e. The highest BCUT2D eigenvalue weighted by Gasteiger charge is 2.59. The fraction of sp³-hybridized carbons (Fsp3) is 0.0882. The SMILES string of the molecule is Brc1cncnc1.O=C(c1ccc(F)cc1F)C(F)(F)c1ccc(Br)cn1.OC(c1cncnc1)(c1ccc(F)cc1F)C(F)(F)c1ccc(Br)cn1. The van der Waals surface area contributed by atoms with Crippen molar-refractivity contribution in [1.29, 1.82) is 0 Å². The van der Waals surface area contributed by atoms with Gasteiger partial charge in [-0.2, -0.15) is 17.6 Å². The highest BCUT2D eigenvalue weighted by atomic mass is 79.9. The molecule has 0 aliphatic heterocycles. The van der Waals surface area contributed by atoms with E-state index >= 15 is 8.78 Å². The van der Waals surface area contributed by atoms with Crippen LogP contribution >= 0.6 is 47.8 Å². The molecule has 0 saturated heterocycles. The Morgan fingerprint density at radius 2 is 1.08 bits per heavy atom. The highest BCUT2D eigenvalue weighted by Crippen LogP contribution is 2.49. The summed E-state index contributed by atoms with van der Waals surface area (Å²) in [5.41, 5.74) is -7.03. The molecule has 0 saturated carbocycles. The van der Waals surface area contributed by atoms with Gasteiger partial charge in [-0.3, -0.25) is 14.8 Å². The Balaban J connectivity index is 0.000000204. The second kappa shape index (κ2) is 17.5. The Kier molecular flexibility index (Phi) is 13.6. The summed E-state index contributed by atoms with van der Waals surface area (Å²) < 4.78 is 114. The zero-order valence-corrected chi connectivity index (χ0v) is 30.8. The summed E-state index contributed by atoms with van der Waals surface area (Å²) in [6.45, 7) is 0. The molecule has 0 radical (unpaired) electrons. The van der Waals surface area contributed by atoms with Crippen molar-refractivity contribution in [3.63, 3.8) is 0 Å². The van der Waals surface area contributed by atoms with E-state index in [9.17, 15) is 36.2 Å². The van der Waals surface area contributed by atoms with Crippen molar-refractivity contribution in [2.24, 2.45) is 0 Å². The quantitative estimate of drug-likeness (QED) is 0.125. The van der Waals surface area contributed by atoms with Crippen LogP contribution < -0.4 is 0 Å². The molecule has 6 rings (SSSR count). The number of aliphatic hydroxyl groups is 1. The molecule has 8 nitrogen and oxygen atoms in total. The monoisotopic (exact) mass is 932 g/mol. The number of hydrogen-bond donors (Lipinski definition) is 1. The fourth-order valence-electron chi connectivity index (χ4n) is 4.32. The average molecular weight is 935 g/mol. The number of Topliss-reactive ketones (excluding diaryl/α,β-unsaturated/α-hetero) is 1. The van der Waals surface area contributed by atoms with E-state index in [1.165, 1.54) is 18.5 Å². The van der Waals surface area contributed by atoms with Crippen LogP contribution in [0.2, 0.25) is 0 Å². The zero-order valence-electron chi connectivity index (χ0n) is 26.1. The van der Waals surface area contributed by atoms with Crippen molar-refractivity contribution in [1.82, 2.24) is 29.9 Å². The van der Waals surface area contributed by atoms with E-state index in [1.807, 2.05) is 0 Å². The Bertz CT molecular complexity index is 2160. The average Bonchev–Trinajstić information content (AvgIpc) is 3.12. The molecular weight excluding hydrogens is 916 g/mol. The molecule has 1 N–H and O–H groups in total. The summed E-state index contributed by atoms with van der Waals surface area (Å²) >= 11 is 9.29. The number of carbonyl (C=O) groups excluding carboxylic acids is 1. The number of benzene rings is 2. The number of aromatic nitrogens is 6. The van der Waals surface area contributed by atoms with Crippen LogP contribution in [0.25, 0.3) is 0 Å². The molecule has 0 aliphatic carbocycles. The predicted molar refractivity (Wildman–Crippen MR) is 183 cm³/mol. The van der Waals surface area contributed by atoms with Crippen molar-refractivity contribution in [3.8, 4) is 0 Å². The van der Waals surface area contributed by atoms with E-state index in [1.54, 1.807) is 12.4 Å². The van der Waals surface area contributed by atoms with Gasteiger partial charge < -0.3 is 5.11 Å². The van der Waals surface area contributed by atoms with Crippen LogP contribution in [0.1, 0.15) is 32.9 Å². The number of pyridine rings is 2. The summed E-state index contributed by atoms with van der Waals surface area (Å²) in [7, 11) is 0. The van der Waals surface area contributed by atoms with E-state index in [-0.39, 0.29) is 0 Å². The molecular formula is C34H19Br3F8N6O2. The van der Waals surface area contributed by atoms with Crippen LogP contribution in [0.5, 0.6) is 0 Å². The van der Waals surface area contributed by atoms with Gasteiger partial charge in [-0.25, -0.2) is 37.5 Å². The second-order valence-corrected chi connectivity index (χ2v) is 13.1. The first-order chi connectivity index (χ1) is 25.0. The molecule has 0 bridgehead atoms. The minimum atomic E-state index is -4.09. The maximum atomic E-state index is 15.3. The second-order valence-electron chi connectivity index (χ2n) is 10.3. The molecule has 2 aromatic carbocycles. The molecule has 0 aliphatic rings. The number of nitrogens with zero attached hydrogens (tertiary/aromatic N) is 6. The maximum Gasteiger partial charge on any atom is 0.351 e. The summed E-state index contributed by atoms with van der Waals surface area (Å²) in [6, 6.07) is 8.25. The Hall–Kier alpha value is -4.59. The minimum absolute atomic E-state index is 0.373. The molecule has 0 amide bonds. The number of rotatable bonds is 7. The smallest absolute Gasteiger partial charge is 0.351 e. The Morgan fingerprint density at radius 1 is 0.585 bits per heavy atom. The number of ketones is 1. The third-order valence-corrected chi connectivity index (χ3v) is 8.19. The zero-order chi connectivity index (χ0) is 39.0. The number of alkyl halides is 4. The molecule has 53 heavy (non-hydrogen) atoms. The molecule has 4 aromatic heterocycles. The molecule has 274 valence electrons. The minimum Gasteiger partial charge on any atom is -0.374 e. The molecule has 4 heterocycles. The van der Waals surface area contributed by atoms with Crippen LogP contribution in [-0.2, 0) is 17.4 Å². The topological polar surface area (TPSA) is 115 Å². The molecule has 6 aromatic rings. The maximum absolute atomic E-state index is 15.3. The summed E-state index contributed by atoms with van der Waals surface area (Å²) in [5, 5.41) is 11.0. The van der Waals surface area contributed by atoms with Gasteiger partial charge in [0.05, 0.1) is 10.0 Å². The van der Waals surface area contributed by atoms with Crippen LogP contribution in [0.3, 0.4) is 0 Å². The van der Waals surface area contributed by atoms with Crippen LogP contribution in [0.15, 0.2) is 124 Å². The number of halogens is 11. The first-order valence-corrected chi connectivity index (χ1v) is 16.7. The van der Waals surface area contributed by atoms with Gasteiger partial charge in [-0.1, -0.05) is 0 Å². The third-order valence-electron chi connectivity index (χ3n) is 6.84. The molecule has 0 spiro atoms. The van der Waals surface area contributed by atoms with E-state index in [4.69, 9.17) is 0 Å². The lowest BCUT2D eigenvalue weighted by Crippen LogP contribution is -2.45. The van der Waals surface area contributed by atoms with Crippen LogP contribution in [0, 0.1) is 23.3 Å². The van der Waals surface area contributed by atoms with E-state index < -0.39 is 74.6 Å². The fourth-order valence-corrected chi connectivity index (χ4v) is 5.03. The normalized spacial score (nSPS) is 12.4. The third kappa shape index (κ3) is 9.70. The van der Waals surface area contributed by atoms with E-state index in [0.717, 1.165) is 65.9 Å². The first kappa shape index (κ1) is 41.2. The van der Waals surface area contributed by atoms with Crippen molar-refractivity contribution < 1.29 is 45.0 Å². The van der Waals surface area contributed by atoms with Gasteiger partial charge in [0.25, 0.3) is 0 Å². The Labute approximate surface area is 319 Å². The van der Waals surface area contributed by atoms with Crippen molar-refractivity contribution in [3.05, 3.63) is 175 Å². The van der Waals surface area contributed by atoms with Gasteiger partial charge in [-0.05, 0) is 96.3 Å². The van der Waals surface area contributed by atoms with Gasteiger partial charge in [0.1, 0.15) is 47.3 Å². The molecule has 0 fully saturated rings. The lowest BCUT2D eigenvalue weighted by molar-refractivity contribution is -0.175. The predicted octanol–water partition coefficient (Wildman–Crippen LogP) is 9.28. The number of hydrogen-bond acceptors (Lipinski definition) is 8. The summed E-state index contributed by atoms with van der Waals surface area (Å²) in [4.78, 5) is 33.5. The van der Waals surface area contributed by atoms with E-state index in [0.29, 0.717) is 27.1 Å². The van der Waals surface area contributed by atoms with Crippen molar-refractivity contribution >= 4 is 53.6 Å². The summed E-state index contributed by atoms with van der Waals surface area (Å²) in [5.74, 6) is -14.5. The number of carbonyl (C=O) groups is 1. The van der Waals surface area contributed by atoms with Gasteiger partial charge in [0.2, 0.25) is 5.78 Å². The van der Waals surface area contributed by atoms with Crippen molar-refractivity contribution in [2.45, 2.75) is 17.4 Å². The van der Waals surface area contributed by atoms with Gasteiger partial charge >= 0.3 is 11.8 Å². The first-order valence-electron chi connectivity index (χ1n) is 14.3. The van der Waals surface area contributed by atoms with Crippen LogP contribution in [0.4, 0.5) is 35.1 Å². The lowest BCUT2D eigenvalue weighted by Gasteiger charge is -2.36. The molecule has 1 atom stereocenters. The van der Waals surface area contributed by atoms with Crippen LogP contribution in [-0.4, -0.2) is 40.8 Å². The standard InChI is InChI=1S/C17H10BrF4N3O.C13H6BrF4NO.C4H3BrN2/c18-11-1-4-15(25-8-11)17(21,22)16(26,10-6-23-9-24-7-10)13-3-2-12(19)5-14(13)20;14-7-1-4-11(19-6-7)13(17,18)12(20)9-3-2-8(15)5-10(9)16;5-4-1-6-3-7-2-4/h1-9,26H;1-6H;1-3H. The van der Waals surface area contributed by atoms with Gasteiger partial charge in [0.15, 0.2) is 5.60 Å². The molecule has 1 unspecified atom stereocenters. The van der Waals surface area contributed by atoms with Gasteiger partial charge in [0, 0.05) is 69.4 Å².